The summed E-state index contributed by atoms with van der Waals surface area (Å²) in [7, 11) is 0. The summed E-state index contributed by atoms with van der Waals surface area (Å²) < 4.78 is 11.8. The molecule has 1 aliphatic heterocycles. The first kappa shape index (κ1) is 19.2. The van der Waals surface area contributed by atoms with Gasteiger partial charge in [-0.15, -0.1) is 0 Å². The predicted molar refractivity (Wildman–Crippen MR) is 112 cm³/mol. The van der Waals surface area contributed by atoms with Gasteiger partial charge in [0.25, 0.3) is 5.71 Å². The Morgan fingerprint density at radius 1 is 1.00 bits per heavy atom. The lowest BCUT2D eigenvalue weighted by Crippen LogP contribution is -2.42. The SMILES string of the molecule is Cc1ccc(O[C@@H]2C[C@@H]3CN(c4nc(C)nc5oc(C)nc45)C[C@@H]3C[C@H]2O)c(C)n1. The monoisotopic (exact) mass is 409 g/mol. The number of aliphatic hydroxyl groups excluding tert-OH is 1. The van der Waals surface area contributed by atoms with Crippen molar-refractivity contribution in [2.24, 2.45) is 11.8 Å². The molecule has 3 aromatic heterocycles. The molecule has 0 aromatic carbocycles. The number of ether oxygens (including phenoxy) is 1. The van der Waals surface area contributed by atoms with Crippen LogP contribution in [-0.4, -0.2) is 50.3 Å². The maximum absolute atomic E-state index is 10.8. The number of hydrogen-bond donors (Lipinski definition) is 1. The molecule has 4 atom stereocenters. The number of nitrogens with zero attached hydrogens (tertiary/aromatic N) is 5. The van der Waals surface area contributed by atoms with Crippen LogP contribution in [0.2, 0.25) is 0 Å². The molecule has 30 heavy (non-hydrogen) atoms. The van der Waals surface area contributed by atoms with E-state index < -0.39 is 6.10 Å². The lowest BCUT2D eigenvalue weighted by molar-refractivity contribution is -0.0236. The number of aromatic nitrogens is 4. The molecule has 0 spiro atoms. The van der Waals surface area contributed by atoms with Gasteiger partial charge in [0, 0.05) is 25.7 Å². The fourth-order valence-corrected chi connectivity index (χ4v) is 4.89. The van der Waals surface area contributed by atoms with Gasteiger partial charge in [0.15, 0.2) is 17.2 Å². The summed E-state index contributed by atoms with van der Waals surface area (Å²) in [6.07, 6.45) is 0.805. The zero-order valence-corrected chi connectivity index (χ0v) is 17.8. The first-order valence-electron chi connectivity index (χ1n) is 10.5. The Morgan fingerprint density at radius 3 is 2.53 bits per heavy atom. The highest BCUT2D eigenvalue weighted by atomic mass is 16.5. The zero-order valence-electron chi connectivity index (χ0n) is 17.8. The number of pyridine rings is 1. The van der Waals surface area contributed by atoms with Crippen LogP contribution in [0.1, 0.15) is 35.9 Å². The molecule has 3 aromatic rings. The minimum absolute atomic E-state index is 0.226. The van der Waals surface area contributed by atoms with Crippen LogP contribution in [0.3, 0.4) is 0 Å². The molecule has 2 fully saturated rings. The Morgan fingerprint density at radius 2 is 1.77 bits per heavy atom. The van der Waals surface area contributed by atoms with Crippen molar-refractivity contribution in [3.63, 3.8) is 0 Å². The van der Waals surface area contributed by atoms with Crippen LogP contribution in [0.25, 0.3) is 11.2 Å². The molecule has 5 rings (SSSR count). The Labute approximate surface area is 175 Å². The Balaban J connectivity index is 1.36. The van der Waals surface area contributed by atoms with E-state index in [2.05, 4.69) is 24.8 Å². The summed E-state index contributed by atoms with van der Waals surface area (Å²) in [6, 6.07) is 3.89. The van der Waals surface area contributed by atoms with Gasteiger partial charge in [0.2, 0.25) is 0 Å². The minimum atomic E-state index is -0.492. The Hall–Kier alpha value is -2.74. The fourth-order valence-electron chi connectivity index (χ4n) is 4.89. The topological polar surface area (TPSA) is 97.4 Å². The van der Waals surface area contributed by atoms with Gasteiger partial charge < -0.3 is 19.2 Å². The van der Waals surface area contributed by atoms with E-state index in [-0.39, 0.29) is 6.10 Å². The van der Waals surface area contributed by atoms with Gasteiger partial charge in [-0.1, -0.05) is 0 Å². The largest absolute Gasteiger partial charge is 0.486 e. The summed E-state index contributed by atoms with van der Waals surface area (Å²) in [5.74, 6) is 3.67. The van der Waals surface area contributed by atoms with Gasteiger partial charge in [-0.05, 0) is 57.6 Å². The molecule has 0 bridgehead atoms. The Bertz CT molecular complexity index is 1100. The number of fused-ring (bicyclic) bond motifs is 2. The number of rotatable bonds is 3. The first-order valence-corrected chi connectivity index (χ1v) is 10.5. The van der Waals surface area contributed by atoms with E-state index in [4.69, 9.17) is 9.15 Å². The first-order chi connectivity index (χ1) is 14.4. The number of hydrogen-bond acceptors (Lipinski definition) is 8. The third-order valence-electron chi connectivity index (χ3n) is 6.30. The normalized spacial score (nSPS) is 26.2. The van der Waals surface area contributed by atoms with E-state index in [1.165, 1.54) is 0 Å². The van der Waals surface area contributed by atoms with E-state index in [0.29, 0.717) is 34.8 Å². The van der Waals surface area contributed by atoms with Crippen LogP contribution in [0.5, 0.6) is 5.75 Å². The minimum Gasteiger partial charge on any atom is -0.486 e. The third-order valence-corrected chi connectivity index (χ3v) is 6.30. The molecule has 0 radical (unpaired) electrons. The molecule has 8 nitrogen and oxygen atoms in total. The van der Waals surface area contributed by atoms with Gasteiger partial charge >= 0.3 is 0 Å². The van der Waals surface area contributed by atoms with Gasteiger partial charge in [-0.25, -0.2) is 9.97 Å². The third kappa shape index (κ3) is 3.39. The molecule has 0 unspecified atom stereocenters. The lowest BCUT2D eigenvalue weighted by Gasteiger charge is -2.35. The van der Waals surface area contributed by atoms with Gasteiger partial charge in [-0.3, -0.25) is 4.98 Å². The lowest BCUT2D eigenvalue weighted by atomic mass is 9.78. The van der Waals surface area contributed by atoms with Crippen molar-refractivity contribution >= 4 is 17.0 Å². The van der Waals surface area contributed by atoms with Crippen LogP contribution in [0, 0.1) is 39.5 Å². The highest BCUT2D eigenvalue weighted by molar-refractivity contribution is 5.82. The van der Waals surface area contributed by atoms with Crippen molar-refractivity contribution in [3.05, 3.63) is 35.2 Å². The van der Waals surface area contributed by atoms with Crippen LogP contribution in [0.4, 0.5) is 5.82 Å². The van der Waals surface area contributed by atoms with Gasteiger partial charge in [0.05, 0.1) is 11.8 Å². The maximum atomic E-state index is 10.8. The molecule has 0 amide bonds. The van der Waals surface area contributed by atoms with Crippen molar-refractivity contribution < 1.29 is 14.3 Å². The van der Waals surface area contributed by atoms with Crippen LogP contribution in [-0.2, 0) is 0 Å². The molecular weight excluding hydrogens is 382 g/mol. The molecular formula is C22H27N5O3. The second-order valence-corrected chi connectivity index (χ2v) is 8.64. The molecule has 2 aliphatic rings. The molecule has 1 saturated carbocycles. The van der Waals surface area contributed by atoms with Crippen molar-refractivity contribution in [1.29, 1.82) is 0 Å². The van der Waals surface area contributed by atoms with Crippen molar-refractivity contribution in [1.82, 2.24) is 19.9 Å². The molecule has 1 saturated heterocycles. The standard InChI is InChI=1S/C22H27N5O3/c1-11-5-6-18(12(2)23-11)30-19-8-16-10-27(9-15(16)7-17(19)28)21-20-22(25-13(3)24-21)29-14(4)26-20/h5-6,15-17,19,28H,7-10H2,1-4H3/t15-,16+,17+,19+/m0/s1. The van der Waals surface area contributed by atoms with Crippen LogP contribution >= 0.6 is 0 Å². The van der Waals surface area contributed by atoms with E-state index in [1.807, 2.05) is 39.8 Å². The molecule has 4 heterocycles. The van der Waals surface area contributed by atoms with E-state index in [0.717, 1.165) is 48.9 Å². The number of oxazole rings is 1. The smallest absolute Gasteiger partial charge is 0.252 e. The fraction of sp³-hybridized carbons (Fsp3) is 0.545. The summed E-state index contributed by atoms with van der Waals surface area (Å²) in [5, 5.41) is 10.8. The Kier molecular flexibility index (Phi) is 4.61. The average Bonchev–Trinajstić information content (AvgIpc) is 3.25. The van der Waals surface area contributed by atoms with Crippen molar-refractivity contribution in [2.45, 2.75) is 52.7 Å². The zero-order chi connectivity index (χ0) is 21.0. The summed E-state index contributed by atoms with van der Waals surface area (Å²) in [6.45, 7) is 9.31. The van der Waals surface area contributed by atoms with Crippen LogP contribution in [0.15, 0.2) is 16.5 Å². The summed E-state index contributed by atoms with van der Waals surface area (Å²) >= 11 is 0. The summed E-state index contributed by atoms with van der Waals surface area (Å²) in [5.41, 5.74) is 3.07. The average molecular weight is 409 g/mol. The van der Waals surface area contributed by atoms with E-state index >= 15 is 0 Å². The molecule has 1 aliphatic carbocycles. The number of anilines is 1. The molecule has 1 N–H and O–H groups in total. The van der Waals surface area contributed by atoms with Crippen molar-refractivity contribution in [3.8, 4) is 5.75 Å². The quantitative estimate of drug-likeness (QED) is 0.705. The number of aryl methyl sites for hydroxylation is 4. The maximum Gasteiger partial charge on any atom is 0.252 e. The second kappa shape index (κ2) is 7.19. The second-order valence-electron chi connectivity index (χ2n) is 8.64. The summed E-state index contributed by atoms with van der Waals surface area (Å²) in [4.78, 5) is 20.3. The van der Waals surface area contributed by atoms with Gasteiger partial charge in [0.1, 0.15) is 17.7 Å². The van der Waals surface area contributed by atoms with Crippen LogP contribution < -0.4 is 9.64 Å². The predicted octanol–water partition coefficient (Wildman–Crippen LogP) is 2.90. The van der Waals surface area contributed by atoms with E-state index in [9.17, 15) is 5.11 Å². The highest BCUT2D eigenvalue weighted by Gasteiger charge is 2.43. The highest BCUT2D eigenvalue weighted by Crippen LogP contribution is 2.40. The molecule has 8 heteroatoms. The van der Waals surface area contributed by atoms with Gasteiger partial charge in [-0.2, -0.15) is 4.98 Å². The van der Waals surface area contributed by atoms with Crippen molar-refractivity contribution in [2.75, 3.05) is 18.0 Å². The molecule has 158 valence electrons. The number of aliphatic hydroxyl groups is 1. The van der Waals surface area contributed by atoms with E-state index in [1.54, 1.807) is 0 Å².